The minimum absolute atomic E-state index is 0.0422. The molecule has 1 fully saturated rings. The number of furan rings is 1. The normalized spacial score (nSPS) is 18.9. The summed E-state index contributed by atoms with van der Waals surface area (Å²) < 4.78 is 10.3. The Balaban J connectivity index is 2.09. The second-order valence-corrected chi connectivity index (χ2v) is 4.14. The zero-order valence-electron chi connectivity index (χ0n) is 9.31. The van der Waals surface area contributed by atoms with E-state index in [1.165, 1.54) is 6.07 Å². The number of ether oxygens (including phenoxy) is 1. The maximum atomic E-state index is 10.7. The highest BCUT2D eigenvalue weighted by atomic mass is 16.5. The number of aliphatic hydroxyl groups excluding tert-OH is 1. The van der Waals surface area contributed by atoms with Gasteiger partial charge in [0, 0.05) is 19.3 Å². The van der Waals surface area contributed by atoms with Crippen LogP contribution in [-0.2, 0) is 4.74 Å². The molecule has 94 valence electrons. The number of carboxylic acid groups (broad SMARTS) is 1. The van der Waals surface area contributed by atoms with Crippen LogP contribution in [-0.4, -0.2) is 41.5 Å². The van der Waals surface area contributed by atoms with E-state index in [4.69, 9.17) is 14.3 Å². The molecule has 0 unspecified atom stereocenters. The Kier molecular flexibility index (Phi) is 3.35. The van der Waals surface area contributed by atoms with Crippen LogP contribution in [0.15, 0.2) is 16.5 Å². The molecule has 1 aliphatic heterocycles. The van der Waals surface area contributed by atoms with Gasteiger partial charge in [0.15, 0.2) is 5.88 Å². The fraction of sp³-hybridized carbons (Fsp3) is 0.545. The minimum atomic E-state index is -1.11. The highest BCUT2D eigenvalue weighted by Gasteiger charge is 2.32. The lowest BCUT2D eigenvalue weighted by atomic mass is 9.91. The Morgan fingerprint density at radius 1 is 1.41 bits per heavy atom. The van der Waals surface area contributed by atoms with Gasteiger partial charge in [0.1, 0.15) is 0 Å². The number of aliphatic hydroxyl groups is 1. The molecule has 0 saturated carbocycles. The van der Waals surface area contributed by atoms with Crippen molar-refractivity contribution in [1.82, 2.24) is 0 Å². The first kappa shape index (κ1) is 11.9. The monoisotopic (exact) mass is 241 g/mol. The molecule has 0 amide bonds. The van der Waals surface area contributed by atoms with Gasteiger partial charge >= 0.3 is 5.97 Å². The average Bonchev–Trinajstić information content (AvgIpc) is 2.79. The smallest absolute Gasteiger partial charge is 0.371 e. The Hall–Kier alpha value is -1.53. The molecule has 0 aromatic carbocycles. The topological polar surface area (TPSA) is 91.9 Å². The van der Waals surface area contributed by atoms with Crippen LogP contribution in [0.1, 0.15) is 23.4 Å². The van der Waals surface area contributed by atoms with Crippen molar-refractivity contribution < 1.29 is 24.2 Å². The molecule has 0 aliphatic carbocycles. The van der Waals surface area contributed by atoms with Gasteiger partial charge in [-0.3, -0.25) is 0 Å². The van der Waals surface area contributed by atoms with Crippen molar-refractivity contribution in [3.05, 3.63) is 17.9 Å². The molecule has 2 heterocycles. The standard InChI is InChI=1S/C11H15NO5/c13-7-11(3-5-16-6-4-11)12-9-2-1-8(17-9)10(14)15/h1-2,12-13H,3-7H2,(H,14,15). The molecular formula is C11H15NO5. The summed E-state index contributed by atoms with van der Waals surface area (Å²) in [6.45, 7) is 1.10. The van der Waals surface area contributed by atoms with Gasteiger partial charge in [0.2, 0.25) is 5.76 Å². The van der Waals surface area contributed by atoms with Crippen molar-refractivity contribution >= 4 is 11.9 Å². The molecule has 2 rings (SSSR count). The third kappa shape index (κ3) is 2.59. The summed E-state index contributed by atoms with van der Waals surface area (Å²) in [6, 6.07) is 2.94. The van der Waals surface area contributed by atoms with E-state index < -0.39 is 11.5 Å². The predicted octanol–water partition coefficient (Wildman–Crippen LogP) is 0.931. The second kappa shape index (κ2) is 4.77. The predicted molar refractivity (Wildman–Crippen MR) is 59.2 cm³/mol. The van der Waals surface area contributed by atoms with Gasteiger partial charge in [-0.15, -0.1) is 0 Å². The maximum Gasteiger partial charge on any atom is 0.371 e. The molecule has 0 spiro atoms. The summed E-state index contributed by atoms with van der Waals surface area (Å²) in [4.78, 5) is 10.7. The van der Waals surface area contributed by atoms with E-state index in [0.29, 0.717) is 31.9 Å². The van der Waals surface area contributed by atoms with Crippen molar-refractivity contribution in [3.63, 3.8) is 0 Å². The second-order valence-electron chi connectivity index (χ2n) is 4.14. The Bertz CT molecular complexity index is 394. The lowest BCUT2D eigenvalue weighted by molar-refractivity contribution is 0.0371. The molecule has 0 radical (unpaired) electrons. The van der Waals surface area contributed by atoms with Gasteiger partial charge in [0.05, 0.1) is 12.1 Å². The molecule has 0 bridgehead atoms. The first-order valence-electron chi connectivity index (χ1n) is 5.45. The van der Waals surface area contributed by atoms with E-state index in [1.807, 2.05) is 0 Å². The van der Waals surface area contributed by atoms with Crippen LogP contribution in [0.25, 0.3) is 0 Å². The van der Waals surface area contributed by atoms with E-state index in [2.05, 4.69) is 5.32 Å². The van der Waals surface area contributed by atoms with Gasteiger partial charge in [-0.2, -0.15) is 0 Å². The number of rotatable bonds is 4. The van der Waals surface area contributed by atoms with E-state index in [1.54, 1.807) is 6.07 Å². The largest absolute Gasteiger partial charge is 0.475 e. The lowest BCUT2D eigenvalue weighted by Gasteiger charge is -2.36. The molecule has 1 aromatic rings. The van der Waals surface area contributed by atoms with Crippen LogP contribution in [0.2, 0.25) is 0 Å². The van der Waals surface area contributed by atoms with Gasteiger partial charge < -0.3 is 24.7 Å². The average molecular weight is 241 g/mol. The molecule has 3 N–H and O–H groups in total. The Morgan fingerprint density at radius 2 is 2.12 bits per heavy atom. The quantitative estimate of drug-likeness (QED) is 0.726. The van der Waals surface area contributed by atoms with Crippen molar-refractivity contribution in [2.45, 2.75) is 18.4 Å². The SMILES string of the molecule is O=C(O)c1ccc(NC2(CO)CCOCC2)o1. The first-order chi connectivity index (χ1) is 8.15. The van der Waals surface area contributed by atoms with E-state index >= 15 is 0 Å². The van der Waals surface area contributed by atoms with Crippen molar-refractivity contribution in [1.29, 1.82) is 0 Å². The van der Waals surface area contributed by atoms with E-state index in [-0.39, 0.29) is 12.4 Å². The molecule has 1 aliphatic rings. The van der Waals surface area contributed by atoms with Gasteiger partial charge in [-0.1, -0.05) is 0 Å². The summed E-state index contributed by atoms with van der Waals surface area (Å²) in [5, 5.41) is 21.2. The third-order valence-corrected chi connectivity index (χ3v) is 2.96. The van der Waals surface area contributed by atoms with Crippen molar-refractivity contribution in [2.24, 2.45) is 0 Å². The lowest BCUT2D eigenvalue weighted by Crippen LogP contribution is -2.46. The molecule has 6 heteroatoms. The molecule has 1 aromatic heterocycles. The van der Waals surface area contributed by atoms with E-state index in [0.717, 1.165) is 0 Å². The Morgan fingerprint density at radius 3 is 2.65 bits per heavy atom. The first-order valence-corrected chi connectivity index (χ1v) is 5.45. The van der Waals surface area contributed by atoms with Crippen LogP contribution in [0.3, 0.4) is 0 Å². The van der Waals surface area contributed by atoms with Gasteiger partial charge in [-0.25, -0.2) is 4.79 Å². The number of carboxylic acids is 1. The minimum Gasteiger partial charge on any atom is -0.475 e. The summed E-state index contributed by atoms with van der Waals surface area (Å²) in [7, 11) is 0. The third-order valence-electron chi connectivity index (χ3n) is 2.96. The Labute approximate surface area is 98.2 Å². The van der Waals surface area contributed by atoms with Gasteiger partial charge in [0.25, 0.3) is 0 Å². The number of carbonyl (C=O) groups is 1. The molecular weight excluding hydrogens is 226 g/mol. The summed E-state index contributed by atoms with van der Waals surface area (Å²) in [6.07, 6.45) is 1.32. The summed E-state index contributed by atoms with van der Waals surface area (Å²) in [5.41, 5.74) is -0.480. The highest BCUT2D eigenvalue weighted by Crippen LogP contribution is 2.26. The molecule has 6 nitrogen and oxygen atoms in total. The summed E-state index contributed by atoms with van der Waals surface area (Å²) >= 11 is 0. The van der Waals surface area contributed by atoms with Crippen molar-refractivity contribution in [3.8, 4) is 0 Å². The van der Waals surface area contributed by atoms with Crippen LogP contribution in [0.5, 0.6) is 0 Å². The molecule has 17 heavy (non-hydrogen) atoms. The summed E-state index contributed by atoms with van der Waals surface area (Å²) in [5.74, 6) is -0.867. The van der Waals surface area contributed by atoms with Crippen LogP contribution in [0, 0.1) is 0 Å². The number of nitrogens with one attached hydrogen (secondary N) is 1. The molecule has 0 atom stereocenters. The highest BCUT2D eigenvalue weighted by molar-refractivity contribution is 5.84. The number of hydrogen-bond donors (Lipinski definition) is 3. The van der Waals surface area contributed by atoms with E-state index in [9.17, 15) is 9.90 Å². The fourth-order valence-electron chi connectivity index (χ4n) is 1.87. The molecule has 1 saturated heterocycles. The number of aromatic carboxylic acids is 1. The number of hydrogen-bond acceptors (Lipinski definition) is 5. The zero-order chi connectivity index (χ0) is 12.3. The van der Waals surface area contributed by atoms with Gasteiger partial charge in [-0.05, 0) is 18.9 Å². The fourth-order valence-corrected chi connectivity index (χ4v) is 1.87. The van der Waals surface area contributed by atoms with Crippen LogP contribution < -0.4 is 5.32 Å². The zero-order valence-corrected chi connectivity index (χ0v) is 9.31. The van der Waals surface area contributed by atoms with Crippen LogP contribution in [0.4, 0.5) is 5.88 Å². The number of anilines is 1. The van der Waals surface area contributed by atoms with Crippen molar-refractivity contribution in [2.75, 3.05) is 25.1 Å². The maximum absolute atomic E-state index is 10.7. The van der Waals surface area contributed by atoms with Crippen LogP contribution >= 0.6 is 0 Å².